The number of carbonyl (C=O) groups excluding carboxylic acids is 1. The van der Waals surface area contributed by atoms with Crippen LogP contribution in [0, 0.1) is 6.92 Å². The molecule has 20 heavy (non-hydrogen) atoms. The molecule has 0 spiro atoms. The number of hydrogen-bond acceptors (Lipinski definition) is 2. The fourth-order valence-electron chi connectivity index (χ4n) is 2.42. The van der Waals surface area contributed by atoms with E-state index < -0.39 is 0 Å². The minimum absolute atomic E-state index is 0.155. The molecular formula is C17H25NOS. The highest BCUT2D eigenvalue weighted by Crippen LogP contribution is 2.30. The summed E-state index contributed by atoms with van der Waals surface area (Å²) in [5.41, 5.74) is 2.75. The highest BCUT2D eigenvalue weighted by molar-refractivity contribution is 8.00. The molecule has 0 atom stereocenters. The van der Waals surface area contributed by atoms with Crippen LogP contribution in [0.4, 0.5) is 0 Å². The van der Waals surface area contributed by atoms with E-state index in [1.54, 1.807) is 11.8 Å². The van der Waals surface area contributed by atoms with Gasteiger partial charge in [0, 0.05) is 18.0 Å². The molecule has 0 aliphatic carbocycles. The van der Waals surface area contributed by atoms with Crippen molar-refractivity contribution in [2.45, 2.75) is 50.8 Å². The van der Waals surface area contributed by atoms with Crippen LogP contribution in [0.3, 0.4) is 0 Å². The zero-order valence-corrected chi connectivity index (χ0v) is 13.8. The van der Waals surface area contributed by atoms with Crippen molar-refractivity contribution in [2.75, 3.05) is 18.8 Å². The summed E-state index contributed by atoms with van der Waals surface area (Å²) in [5, 5.41) is 0. The van der Waals surface area contributed by atoms with E-state index in [-0.39, 0.29) is 11.3 Å². The van der Waals surface area contributed by atoms with Gasteiger partial charge in [-0.1, -0.05) is 32.9 Å². The van der Waals surface area contributed by atoms with Crippen molar-refractivity contribution >= 4 is 17.7 Å². The van der Waals surface area contributed by atoms with Crippen molar-refractivity contribution in [2.24, 2.45) is 0 Å². The van der Waals surface area contributed by atoms with Gasteiger partial charge in [0.25, 0.3) is 0 Å². The predicted molar refractivity (Wildman–Crippen MR) is 86.4 cm³/mol. The average molecular weight is 291 g/mol. The lowest BCUT2D eigenvalue weighted by Crippen LogP contribution is -2.29. The SMILES string of the molecule is Cc1ccc(C(C)(C)C)cc1SCC(=O)N1CCCC1. The lowest BCUT2D eigenvalue weighted by atomic mass is 9.87. The maximum absolute atomic E-state index is 12.1. The van der Waals surface area contributed by atoms with Gasteiger partial charge in [-0.2, -0.15) is 0 Å². The summed E-state index contributed by atoms with van der Waals surface area (Å²) < 4.78 is 0. The molecule has 1 amide bonds. The second-order valence-corrected chi connectivity index (χ2v) is 7.62. The molecule has 1 aromatic rings. The Balaban J connectivity index is 2.03. The first kappa shape index (κ1) is 15.4. The summed E-state index contributed by atoms with van der Waals surface area (Å²) in [6, 6.07) is 6.61. The monoisotopic (exact) mass is 291 g/mol. The number of benzene rings is 1. The second-order valence-electron chi connectivity index (χ2n) is 6.61. The largest absolute Gasteiger partial charge is 0.342 e. The predicted octanol–water partition coefficient (Wildman–Crippen LogP) is 4.01. The lowest BCUT2D eigenvalue weighted by molar-refractivity contribution is -0.127. The van der Waals surface area contributed by atoms with Gasteiger partial charge in [-0.25, -0.2) is 0 Å². The number of thioether (sulfide) groups is 1. The van der Waals surface area contributed by atoms with Gasteiger partial charge in [-0.15, -0.1) is 11.8 Å². The van der Waals surface area contributed by atoms with Crippen LogP contribution in [0.2, 0.25) is 0 Å². The second kappa shape index (κ2) is 6.21. The third kappa shape index (κ3) is 3.78. The van der Waals surface area contributed by atoms with Crippen molar-refractivity contribution < 1.29 is 4.79 Å². The van der Waals surface area contributed by atoms with Gasteiger partial charge in [-0.3, -0.25) is 4.79 Å². The third-order valence-corrected chi connectivity index (χ3v) is 5.01. The Kier molecular flexibility index (Phi) is 4.79. The van der Waals surface area contributed by atoms with Crippen LogP contribution in [0.1, 0.15) is 44.7 Å². The molecule has 0 saturated carbocycles. The highest BCUT2D eigenvalue weighted by Gasteiger charge is 2.19. The van der Waals surface area contributed by atoms with E-state index in [0.29, 0.717) is 5.75 Å². The summed E-state index contributed by atoms with van der Waals surface area (Å²) in [7, 11) is 0. The molecule has 3 heteroatoms. The summed E-state index contributed by atoms with van der Waals surface area (Å²) >= 11 is 1.68. The summed E-state index contributed by atoms with van der Waals surface area (Å²) in [6.07, 6.45) is 2.32. The first-order valence-corrected chi connectivity index (χ1v) is 8.38. The van der Waals surface area contributed by atoms with Gasteiger partial charge in [0.1, 0.15) is 0 Å². The summed E-state index contributed by atoms with van der Waals surface area (Å²) in [5.74, 6) is 0.849. The molecule has 2 rings (SSSR count). The zero-order chi connectivity index (χ0) is 14.8. The average Bonchev–Trinajstić information content (AvgIpc) is 2.90. The molecule has 0 N–H and O–H groups in total. The molecule has 1 aliphatic heterocycles. The Morgan fingerprint density at radius 2 is 1.90 bits per heavy atom. The lowest BCUT2D eigenvalue weighted by Gasteiger charge is -2.21. The highest BCUT2D eigenvalue weighted by atomic mass is 32.2. The van der Waals surface area contributed by atoms with Crippen LogP contribution in [-0.4, -0.2) is 29.6 Å². The Bertz CT molecular complexity index is 484. The Labute approximate surface area is 126 Å². The van der Waals surface area contributed by atoms with Gasteiger partial charge >= 0.3 is 0 Å². The molecule has 0 aromatic heterocycles. The number of amides is 1. The molecule has 1 aliphatic rings. The van der Waals surface area contributed by atoms with Gasteiger partial charge in [0.2, 0.25) is 5.91 Å². The Morgan fingerprint density at radius 3 is 2.50 bits per heavy atom. The quantitative estimate of drug-likeness (QED) is 0.784. The van der Waals surface area contributed by atoms with Crippen LogP contribution in [-0.2, 0) is 10.2 Å². The normalized spacial score (nSPS) is 15.7. The van der Waals surface area contributed by atoms with Crippen LogP contribution in [0.25, 0.3) is 0 Å². The van der Waals surface area contributed by atoms with Crippen molar-refractivity contribution in [3.8, 4) is 0 Å². The molecule has 1 saturated heterocycles. The van der Waals surface area contributed by atoms with Crippen LogP contribution < -0.4 is 0 Å². The minimum Gasteiger partial charge on any atom is -0.342 e. The number of rotatable bonds is 3. The number of nitrogens with zero attached hydrogens (tertiary/aromatic N) is 1. The topological polar surface area (TPSA) is 20.3 Å². The summed E-state index contributed by atoms with van der Waals surface area (Å²) in [6.45, 7) is 10.7. The maximum Gasteiger partial charge on any atom is 0.232 e. The van der Waals surface area contributed by atoms with Gasteiger partial charge in [0.05, 0.1) is 5.75 Å². The van der Waals surface area contributed by atoms with Crippen molar-refractivity contribution in [1.29, 1.82) is 0 Å². The molecule has 0 bridgehead atoms. The van der Waals surface area contributed by atoms with Crippen LogP contribution >= 0.6 is 11.8 Å². The van der Waals surface area contributed by atoms with E-state index in [1.807, 2.05) is 4.90 Å². The molecule has 0 radical (unpaired) electrons. The fraction of sp³-hybridized carbons (Fsp3) is 0.588. The standard InChI is InChI=1S/C17H25NOS/c1-13-7-8-14(17(2,3)4)11-15(13)20-12-16(19)18-9-5-6-10-18/h7-8,11H,5-6,9-10,12H2,1-4H3. The molecule has 110 valence electrons. The molecule has 1 fully saturated rings. The number of likely N-dealkylation sites (tertiary alicyclic amines) is 1. The molecule has 1 heterocycles. The van der Waals surface area contributed by atoms with E-state index in [0.717, 1.165) is 25.9 Å². The molecular weight excluding hydrogens is 266 g/mol. The maximum atomic E-state index is 12.1. The van der Waals surface area contributed by atoms with Crippen LogP contribution in [0.5, 0.6) is 0 Å². The van der Waals surface area contributed by atoms with Crippen LogP contribution in [0.15, 0.2) is 23.1 Å². The van der Waals surface area contributed by atoms with E-state index >= 15 is 0 Å². The number of hydrogen-bond donors (Lipinski definition) is 0. The number of aryl methyl sites for hydroxylation is 1. The van der Waals surface area contributed by atoms with Crippen molar-refractivity contribution in [3.63, 3.8) is 0 Å². The minimum atomic E-state index is 0.155. The van der Waals surface area contributed by atoms with E-state index in [4.69, 9.17) is 0 Å². The zero-order valence-electron chi connectivity index (χ0n) is 13.0. The van der Waals surface area contributed by atoms with Crippen molar-refractivity contribution in [3.05, 3.63) is 29.3 Å². The number of carbonyl (C=O) groups is 1. The smallest absolute Gasteiger partial charge is 0.232 e. The first-order chi connectivity index (χ1) is 9.38. The summed E-state index contributed by atoms with van der Waals surface area (Å²) in [4.78, 5) is 15.4. The Morgan fingerprint density at radius 1 is 1.25 bits per heavy atom. The molecule has 2 nitrogen and oxygen atoms in total. The van der Waals surface area contributed by atoms with Gasteiger partial charge in [0.15, 0.2) is 0 Å². The molecule has 0 unspecified atom stereocenters. The first-order valence-electron chi connectivity index (χ1n) is 7.39. The Hall–Kier alpha value is -0.960. The van der Waals surface area contributed by atoms with E-state index in [2.05, 4.69) is 45.9 Å². The van der Waals surface area contributed by atoms with E-state index in [1.165, 1.54) is 16.0 Å². The van der Waals surface area contributed by atoms with Gasteiger partial charge in [-0.05, 0) is 42.4 Å². The fourth-order valence-corrected chi connectivity index (χ4v) is 3.39. The van der Waals surface area contributed by atoms with E-state index in [9.17, 15) is 4.79 Å². The third-order valence-electron chi connectivity index (χ3n) is 3.86. The molecule has 1 aromatic carbocycles. The van der Waals surface area contributed by atoms with Gasteiger partial charge < -0.3 is 4.90 Å². The van der Waals surface area contributed by atoms with Crippen molar-refractivity contribution in [1.82, 2.24) is 4.90 Å².